The van der Waals surface area contributed by atoms with Gasteiger partial charge in [-0.05, 0) is 52.7 Å². The summed E-state index contributed by atoms with van der Waals surface area (Å²) in [6, 6.07) is 4.20. The minimum absolute atomic E-state index is 0.00609. The van der Waals surface area contributed by atoms with Crippen LogP contribution in [0.5, 0.6) is 0 Å². The number of rotatable bonds is 3. The molecule has 1 aromatic rings. The molecular weight excluding hydrogens is 298 g/mol. The Hall–Kier alpha value is 0.1000. The molecule has 0 bridgehead atoms. The zero-order chi connectivity index (χ0) is 12.7. The lowest BCUT2D eigenvalue weighted by Crippen LogP contribution is -2.44. The van der Waals surface area contributed by atoms with E-state index in [2.05, 4.69) is 41.9 Å². The molecule has 1 saturated carbocycles. The largest absolute Gasteiger partial charge is 0.392 e. The van der Waals surface area contributed by atoms with Crippen molar-refractivity contribution >= 4 is 27.3 Å². The minimum Gasteiger partial charge on any atom is -0.392 e. The van der Waals surface area contributed by atoms with Gasteiger partial charge in [0.15, 0.2) is 0 Å². The monoisotopic (exact) mass is 317 g/mol. The highest BCUT2D eigenvalue weighted by molar-refractivity contribution is 9.11. The van der Waals surface area contributed by atoms with Crippen LogP contribution in [0.15, 0.2) is 15.9 Å². The van der Waals surface area contributed by atoms with Crippen LogP contribution < -0.4 is 5.73 Å². The molecule has 1 aliphatic carbocycles. The van der Waals surface area contributed by atoms with E-state index in [0.717, 1.165) is 23.0 Å². The van der Waals surface area contributed by atoms with Crippen LogP contribution in [0.2, 0.25) is 0 Å². The summed E-state index contributed by atoms with van der Waals surface area (Å²) < 4.78 is 1.14. The van der Waals surface area contributed by atoms with E-state index in [0.29, 0.717) is 6.54 Å². The zero-order valence-electron chi connectivity index (χ0n) is 10.4. The molecule has 2 rings (SSSR count). The number of thiophene rings is 1. The lowest BCUT2D eigenvalue weighted by molar-refractivity contribution is -0.00426. The van der Waals surface area contributed by atoms with E-state index in [1.165, 1.54) is 4.88 Å². The molecule has 0 saturated heterocycles. The minimum atomic E-state index is -0.305. The van der Waals surface area contributed by atoms with Gasteiger partial charge in [0.25, 0.3) is 0 Å². The number of hydrogen-bond donors (Lipinski definition) is 2. The average molecular weight is 318 g/mol. The third-order valence-corrected chi connectivity index (χ3v) is 5.77. The molecule has 2 atom stereocenters. The summed E-state index contributed by atoms with van der Waals surface area (Å²) in [5.74, 6) is 0. The van der Waals surface area contributed by atoms with Gasteiger partial charge in [0.1, 0.15) is 0 Å². The Morgan fingerprint density at radius 2 is 2.18 bits per heavy atom. The molecule has 1 heterocycles. The van der Waals surface area contributed by atoms with E-state index < -0.39 is 0 Å². The van der Waals surface area contributed by atoms with Crippen molar-refractivity contribution < 1.29 is 5.11 Å². The second-order valence-corrected chi connectivity index (χ2v) is 8.39. The third kappa shape index (κ3) is 2.46. The van der Waals surface area contributed by atoms with Crippen LogP contribution in [-0.4, -0.2) is 17.8 Å². The van der Waals surface area contributed by atoms with Crippen molar-refractivity contribution in [2.24, 2.45) is 16.6 Å². The number of halogens is 1. The molecule has 3 N–H and O–H groups in total. The standard InChI is InChI=1S/C13H20BrNOS/c1-12(2)5-6-13(8-15,11(12)16)7-9-3-4-10(14)17-9/h3-4,11,16H,5-8,15H2,1-2H3. The number of aliphatic hydroxyl groups excluding tert-OH is 1. The maximum Gasteiger partial charge on any atom is 0.0701 e. The van der Waals surface area contributed by atoms with Gasteiger partial charge in [0.05, 0.1) is 9.89 Å². The molecular formula is C13H20BrNOS. The predicted octanol–water partition coefficient (Wildman–Crippen LogP) is 3.18. The summed E-state index contributed by atoms with van der Waals surface area (Å²) in [5.41, 5.74) is 5.83. The van der Waals surface area contributed by atoms with Crippen molar-refractivity contribution in [1.82, 2.24) is 0 Å². The van der Waals surface area contributed by atoms with E-state index >= 15 is 0 Å². The highest BCUT2D eigenvalue weighted by Gasteiger charge is 2.50. The third-order valence-electron chi connectivity index (χ3n) is 4.15. The van der Waals surface area contributed by atoms with Gasteiger partial charge in [-0.1, -0.05) is 13.8 Å². The Kier molecular flexibility index (Phi) is 3.70. The van der Waals surface area contributed by atoms with E-state index in [1.54, 1.807) is 11.3 Å². The van der Waals surface area contributed by atoms with Gasteiger partial charge in [-0.3, -0.25) is 0 Å². The Bertz CT molecular complexity index is 404. The Morgan fingerprint density at radius 3 is 2.59 bits per heavy atom. The highest BCUT2D eigenvalue weighted by Crippen LogP contribution is 2.50. The maximum absolute atomic E-state index is 10.5. The number of hydrogen-bond acceptors (Lipinski definition) is 3. The Labute approximate surface area is 115 Å². The van der Waals surface area contributed by atoms with E-state index in [-0.39, 0.29) is 16.9 Å². The van der Waals surface area contributed by atoms with Crippen molar-refractivity contribution in [3.63, 3.8) is 0 Å². The molecule has 0 radical (unpaired) electrons. The van der Waals surface area contributed by atoms with Crippen LogP contribution in [0.3, 0.4) is 0 Å². The summed E-state index contributed by atoms with van der Waals surface area (Å²) in [5, 5.41) is 10.5. The van der Waals surface area contributed by atoms with Crippen molar-refractivity contribution in [1.29, 1.82) is 0 Å². The summed E-state index contributed by atoms with van der Waals surface area (Å²) in [4.78, 5) is 1.30. The molecule has 96 valence electrons. The smallest absolute Gasteiger partial charge is 0.0701 e. The molecule has 1 fully saturated rings. The van der Waals surface area contributed by atoms with Crippen molar-refractivity contribution in [3.05, 3.63) is 20.8 Å². The fraction of sp³-hybridized carbons (Fsp3) is 0.692. The second-order valence-electron chi connectivity index (χ2n) is 5.84. The van der Waals surface area contributed by atoms with Gasteiger partial charge < -0.3 is 10.8 Å². The van der Waals surface area contributed by atoms with Crippen LogP contribution >= 0.6 is 27.3 Å². The van der Waals surface area contributed by atoms with Crippen LogP contribution in [0.1, 0.15) is 31.6 Å². The van der Waals surface area contributed by atoms with Crippen molar-refractivity contribution in [2.45, 2.75) is 39.2 Å². The predicted molar refractivity (Wildman–Crippen MR) is 76.2 cm³/mol. The lowest BCUT2D eigenvalue weighted by atomic mass is 9.75. The molecule has 1 aliphatic rings. The van der Waals surface area contributed by atoms with Crippen molar-refractivity contribution in [2.75, 3.05) is 6.54 Å². The molecule has 0 aromatic carbocycles. The fourth-order valence-corrected chi connectivity index (χ4v) is 4.58. The SMILES string of the molecule is CC1(C)CCC(CN)(Cc2ccc(Br)s2)C1O. The maximum atomic E-state index is 10.5. The van der Waals surface area contributed by atoms with Crippen molar-refractivity contribution in [3.8, 4) is 0 Å². The number of aliphatic hydroxyl groups is 1. The van der Waals surface area contributed by atoms with Crippen LogP contribution in [0, 0.1) is 10.8 Å². The first-order valence-electron chi connectivity index (χ1n) is 6.02. The molecule has 0 spiro atoms. The van der Waals surface area contributed by atoms with Crippen LogP contribution in [0.25, 0.3) is 0 Å². The summed E-state index contributed by atoms with van der Waals surface area (Å²) in [6.45, 7) is 4.84. The first-order valence-corrected chi connectivity index (χ1v) is 7.63. The quantitative estimate of drug-likeness (QED) is 0.899. The van der Waals surface area contributed by atoms with Gasteiger partial charge >= 0.3 is 0 Å². The molecule has 2 unspecified atom stereocenters. The topological polar surface area (TPSA) is 46.2 Å². The lowest BCUT2D eigenvalue weighted by Gasteiger charge is -2.35. The van der Waals surface area contributed by atoms with Gasteiger partial charge in [-0.15, -0.1) is 11.3 Å². The molecule has 17 heavy (non-hydrogen) atoms. The zero-order valence-corrected chi connectivity index (χ0v) is 12.8. The second kappa shape index (κ2) is 4.65. The fourth-order valence-electron chi connectivity index (χ4n) is 2.94. The average Bonchev–Trinajstić information content (AvgIpc) is 2.77. The molecule has 0 aliphatic heterocycles. The first-order chi connectivity index (χ1) is 7.89. The van der Waals surface area contributed by atoms with Gasteiger partial charge in [0.2, 0.25) is 0 Å². The number of nitrogens with two attached hydrogens (primary N) is 1. The Balaban J connectivity index is 2.21. The highest BCUT2D eigenvalue weighted by atomic mass is 79.9. The molecule has 2 nitrogen and oxygen atoms in total. The first kappa shape index (κ1) is 13.5. The van der Waals surface area contributed by atoms with Crippen LogP contribution in [0.4, 0.5) is 0 Å². The van der Waals surface area contributed by atoms with Crippen LogP contribution in [-0.2, 0) is 6.42 Å². The van der Waals surface area contributed by atoms with E-state index in [9.17, 15) is 5.11 Å². The molecule has 1 aromatic heterocycles. The molecule has 4 heteroatoms. The summed E-state index contributed by atoms with van der Waals surface area (Å²) in [7, 11) is 0. The van der Waals surface area contributed by atoms with Gasteiger partial charge in [-0.2, -0.15) is 0 Å². The van der Waals surface area contributed by atoms with Gasteiger partial charge in [0, 0.05) is 16.8 Å². The van der Waals surface area contributed by atoms with Gasteiger partial charge in [-0.25, -0.2) is 0 Å². The van der Waals surface area contributed by atoms with E-state index in [4.69, 9.17) is 5.73 Å². The normalized spacial score (nSPS) is 31.9. The summed E-state index contributed by atoms with van der Waals surface area (Å²) >= 11 is 5.22. The molecule has 0 amide bonds. The van der Waals surface area contributed by atoms with E-state index in [1.807, 2.05) is 0 Å². The Morgan fingerprint density at radius 1 is 1.47 bits per heavy atom. The summed E-state index contributed by atoms with van der Waals surface area (Å²) in [6.07, 6.45) is 2.66.